The first-order chi connectivity index (χ1) is 15.9. The van der Waals surface area contributed by atoms with E-state index >= 15 is 0 Å². The van der Waals surface area contributed by atoms with Crippen molar-refractivity contribution < 1.29 is 14.3 Å². The van der Waals surface area contributed by atoms with Crippen molar-refractivity contribution in [3.05, 3.63) is 30.1 Å². The van der Waals surface area contributed by atoms with Gasteiger partial charge in [-0.25, -0.2) is 9.97 Å². The predicted octanol–water partition coefficient (Wildman–Crippen LogP) is 1.72. The monoisotopic (exact) mass is 455 g/mol. The molecule has 2 aromatic heterocycles. The minimum absolute atomic E-state index is 0.0385. The van der Waals surface area contributed by atoms with Crippen LogP contribution < -0.4 is 15.1 Å². The van der Waals surface area contributed by atoms with E-state index in [1.54, 1.807) is 12.3 Å². The zero-order valence-corrected chi connectivity index (χ0v) is 18.7. The Morgan fingerprint density at radius 2 is 2.06 bits per heavy atom. The summed E-state index contributed by atoms with van der Waals surface area (Å²) in [5, 5.41) is 20.2. The summed E-state index contributed by atoms with van der Waals surface area (Å²) in [7, 11) is 0. The lowest BCUT2D eigenvalue weighted by atomic mass is 9.52. The van der Waals surface area contributed by atoms with E-state index in [0.717, 1.165) is 32.1 Å². The molecule has 0 aromatic carbocycles. The average Bonchev–Trinajstić information content (AvgIpc) is 3.21. The second-order valence-electron chi connectivity index (χ2n) is 10.5. The van der Waals surface area contributed by atoms with Crippen molar-refractivity contribution in [2.45, 2.75) is 56.7 Å². The van der Waals surface area contributed by atoms with Gasteiger partial charge in [0.05, 0.1) is 11.8 Å². The molecule has 176 valence electrons. The Balaban J connectivity index is 1.14. The van der Waals surface area contributed by atoms with E-state index in [4.69, 9.17) is 0 Å². The molecule has 2 unspecified atom stereocenters. The molecule has 1 aliphatic heterocycles. The highest BCUT2D eigenvalue weighted by Gasteiger charge is 2.55. The number of piperazine rings is 1. The maximum atomic E-state index is 13.9. The molecule has 5 aliphatic rings. The van der Waals surface area contributed by atoms with Crippen LogP contribution in [0.3, 0.4) is 0 Å². The standard InChI is InChI=1S/C23H30FN7O2/c1-13-12-30(18-11-26-29-20(18)24)4-5-31(13)22-25-3-2-17(27-22)21(32)28-19-15-6-14-7-16(19)10-23(33,8-14)9-15/h2-3,11,13-16,19,33H,4-10,12H2,1H3,(H,26,29)(H,28,32)/t13-,14?,15?,16?,19?,23?/m1/s1. The number of aromatic amines is 1. The van der Waals surface area contributed by atoms with E-state index in [9.17, 15) is 14.3 Å². The van der Waals surface area contributed by atoms with E-state index in [0.29, 0.717) is 54.7 Å². The summed E-state index contributed by atoms with van der Waals surface area (Å²) in [4.78, 5) is 26.2. The number of carbonyl (C=O) groups excluding carboxylic acids is 1. The van der Waals surface area contributed by atoms with Gasteiger partial charge in [-0.15, -0.1) is 0 Å². The summed E-state index contributed by atoms with van der Waals surface area (Å²) in [6.07, 6.45) is 7.83. The number of hydrogen-bond donors (Lipinski definition) is 3. The largest absolute Gasteiger partial charge is 0.390 e. The van der Waals surface area contributed by atoms with Crippen LogP contribution in [-0.2, 0) is 0 Å². The molecular formula is C23H30FN7O2. The number of nitrogens with zero attached hydrogens (tertiary/aromatic N) is 5. The topological polar surface area (TPSA) is 110 Å². The number of carbonyl (C=O) groups is 1. The van der Waals surface area contributed by atoms with Gasteiger partial charge in [-0.1, -0.05) is 0 Å². The van der Waals surface area contributed by atoms with E-state index in [2.05, 4.69) is 30.4 Å². The van der Waals surface area contributed by atoms with E-state index in [-0.39, 0.29) is 18.0 Å². The SMILES string of the molecule is C[C@@H]1CN(c2cn[nH]c2F)CCN1c1nccc(C(=O)NC2C3CC4CC2CC(O)(C4)C3)n1. The number of nitrogens with one attached hydrogen (secondary N) is 2. The molecule has 3 atom stereocenters. The number of H-pyrrole nitrogens is 1. The van der Waals surface area contributed by atoms with E-state index in [1.165, 1.54) is 6.20 Å². The van der Waals surface area contributed by atoms with Crippen molar-refractivity contribution in [2.75, 3.05) is 29.4 Å². The highest BCUT2D eigenvalue weighted by molar-refractivity contribution is 5.92. The van der Waals surface area contributed by atoms with Crippen molar-refractivity contribution in [1.82, 2.24) is 25.5 Å². The molecule has 0 spiro atoms. The number of anilines is 2. The summed E-state index contributed by atoms with van der Waals surface area (Å²) >= 11 is 0. The molecule has 7 rings (SSSR count). The van der Waals surface area contributed by atoms with Crippen molar-refractivity contribution >= 4 is 17.5 Å². The first kappa shape index (κ1) is 20.8. The Kier molecular flexibility index (Phi) is 4.83. The third-order valence-corrected chi connectivity index (χ3v) is 8.21. The molecule has 9 nitrogen and oxygen atoms in total. The van der Waals surface area contributed by atoms with Crippen molar-refractivity contribution in [1.29, 1.82) is 0 Å². The van der Waals surface area contributed by atoms with Gasteiger partial charge in [0.25, 0.3) is 5.91 Å². The molecule has 1 saturated heterocycles. The van der Waals surface area contributed by atoms with Crippen LogP contribution in [0.2, 0.25) is 0 Å². The molecule has 5 fully saturated rings. The molecule has 4 saturated carbocycles. The van der Waals surface area contributed by atoms with Crippen molar-refractivity contribution in [2.24, 2.45) is 17.8 Å². The minimum Gasteiger partial charge on any atom is -0.390 e. The highest BCUT2D eigenvalue weighted by Crippen LogP contribution is 2.55. The maximum absolute atomic E-state index is 13.9. The molecule has 1 amide bonds. The van der Waals surface area contributed by atoms with Crippen LogP contribution in [0.4, 0.5) is 16.0 Å². The minimum atomic E-state index is -0.516. The van der Waals surface area contributed by atoms with Gasteiger partial charge in [0.2, 0.25) is 11.9 Å². The first-order valence-corrected chi connectivity index (χ1v) is 12.0. The molecule has 3 heterocycles. The number of aromatic nitrogens is 4. The molecule has 33 heavy (non-hydrogen) atoms. The quantitative estimate of drug-likeness (QED) is 0.644. The summed E-state index contributed by atoms with van der Waals surface area (Å²) in [6, 6.07) is 1.81. The maximum Gasteiger partial charge on any atom is 0.270 e. The Bertz CT molecular complexity index is 1040. The lowest BCUT2D eigenvalue weighted by molar-refractivity contribution is -0.136. The van der Waals surface area contributed by atoms with Gasteiger partial charge in [-0.2, -0.15) is 9.49 Å². The molecule has 3 N–H and O–H groups in total. The Labute approximate surface area is 191 Å². The fourth-order valence-electron chi connectivity index (χ4n) is 7.01. The third kappa shape index (κ3) is 3.64. The van der Waals surface area contributed by atoms with Gasteiger partial charge >= 0.3 is 0 Å². The number of hydrogen-bond acceptors (Lipinski definition) is 7. The normalized spacial score (nSPS) is 35.2. The summed E-state index contributed by atoms with van der Waals surface area (Å²) in [5.41, 5.74) is 0.316. The highest BCUT2D eigenvalue weighted by atomic mass is 19.1. The zero-order chi connectivity index (χ0) is 22.7. The third-order valence-electron chi connectivity index (χ3n) is 8.21. The molecule has 10 heteroatoms. The Hall–Kier alpha value is -2.75. The number of aliphatic hydroxyl groups is 1. The second kappa shape index (κ2) is 7.65. The summed E-state index contributed by atoms with van der Waals surface area (Å²) < 4.78 is 13.9. The molecule has 0 radical (unpaired) electrons. The van der Waals surface area contributed by atoms with Gasteiger partial charge in [0.15, 0.2) is 0 Å². The summed E-state index contributed by atoms with van der Waals surface area (Å²) in [6.45, 7) is 3.87. The van der Waals surface area contributed by atoms with Crippen LogP contribution >= 0.6 is 0 Å². The van der Waals surface area contributed by atoms with Gasteiger partial charge < -0.3 is 20.2 Å². The van der Waals surface area contributed by atoms with Crippen LogP contribution in [0, 0.1) is 23.7 Å². The van der Waals surface area contributed by atoms with Crippen LogP contribution in [0.25, 0.3) is 0 Å². The molecule has 2 aromatic rings. The Morgan fingerprint density at radius 3 is 2.73 bits per heavy atom. The lowest BCUT2D eigenvalue weighted by Crippen LogP contribution is -2.61. The van der Waals surface area contributed by atoms with Gasteiger partial charge in [-0.05, 0) is 62.8 Å². The zero-order valence-electron chi connectivity index (χ0n) is 18.7. The van der Waals surface area contributed by atoms with Gasteiger partial charge in [0, 0.05) is 37.9 Å². The smallest absolute Gasteiger partial charge is 0.270 e. The fraction of sp³-hybridized carbons (Fsp3) is 0.652. The van der Waals surface area contributed by atoms with E-state index < -0.39 is 11.5 Å². The van der Waals surface area contributed by atoms with Gasteiger partial charge in [-0.3, -0.25) is 9.89 Å². The molecule has 4 bridgehead atoms. The van der Waals surface area contributed by atoms with Crippen LogP contribution in [0.5, 0.6) is 0 Å². The number of amides is 1. The average molecular weight is 456 g/mol. The Morgan fingerprint density at radius 1 is 1.27 bits per heavy atom. The fourth-order valence-corrected chi connectivity index (χ4v) is 7.01. The van der Waals surface area contributed by atoms with Crippen LogP contribution in [-0.4, -0.2) is 68.5 Å². The van der Waals surface area contributed by atoms with Crippen molar-refractivity contribution in [3.63, 3.8) is 0 Å². The lowest BCUT2D eigenvalue weighted by Gasteiger charge is -2.58. The summed E-state index contributed by atoms with van der Waals surface area (Å²) in [5.74, 6) is 1.21. The predicted molar refractivity (Wildman–Crippen MR) is 119 cm³/mol. The molecular weight excluding hydrogens is 425 g/mol. The van der Waals surface area contributed by atoms with Crippen LogP contribution in [0.15, 0.2) is 18.5 Å². The van der Waals surface area contributed by atoms with E-state index in [1.807, 2.05) is 11.8 Å². The number of halogens is 1. The van der Waals surface area contributed by atoms with Crippen LogP contribution in [0.1, 0.15) is 49.5 Å². The van der Waals surface area contributed by atoms with Crippen molar-refractivity contribution in [3.8, 4) is 0 Å². The van der Waals surface area contributed by atoms with Gasteiger partial charge in [0.1, 0.15) is 11.4 Å². The molecule has 4 aliphatic carbocycles. The second-order valence-corrected chi connectivity index (χ2v) is 10.5. The number of rotatable bonds is 4. The first-order valence-electron chi connectivity index (χ1n) is 12.0.